The van der Waals surface area contributed by atoms with Crippen LogP contribution < -0.4 is 9.86 Å². The Kier molecular flexibility index (Phi) is 2.91. The smallest absolute Gasteiger partial charge is 0.270 e. The molecule has 12 heavy (non-hydrogen) atoms. The molecule has 1 rings (SSSR count). The SMILES string of the molecule is NS(=O)(=O)Nc1ccccc1I. The van der Waals surface area contributed by atoms with E-state index in [9.17, 15) is 8.42 Å². The fourth-order valence-electron chi connectivity index (χ4n) is 0.697. The highest BCUT2D eigenvalue weighted by molar-refractivity contribution is 14.1. The third-order valence-electron chi connectivity index (χ3n) is 1.13. The molecule has 0 aromatic heterocycles. The molecule has 0 aliphatic rings. The maximum atomic E-state index is 10.6. The Balaban J connectivity index is 2.98. The largest absolute Gasteiger partial charge is 0.296 e. The van der Waals surface area contributed by atoms with Crippen LogP contribution in [0, 0.1) is 3.57 Å². The molecule has 1 aromatic rings. The van der Waals surface area contributed by atoms with Crippen molar-refractivity contribution in [1.82, 2.24) is 0 Å². The van der Waals surface area contributed by atoms with E-state index in [1.54, 1.807) is 18.2 Å². The predicted molar refractivity (Wildman–Crippen MR) is 55.9 cm³/mol. The van der Waals surface area contributed by atoms with Crippen LogP contribution in [0.3, 0.4) is 0 Å². The summed E-state index contributed by atoms with van der Waals surface area (Å²) in [6.07, 6.45) is 0. The molecule has 66 valence electrons. The van der Waals surface area contributed by atoms with Crippen molar-refractivity contribution in [3.8, 4) is 0 Å². The Morgan fingerprint density at radius 1 is 1.33 bits per heavy atom. The molecular weight excluding hydrogens is 291 g/mol. The van der Waals surface area contributed by atoms with Crippen molar-refractivity contribution >= 4 is 38.5 Å². The van der Waals surface area contributed by atoms with Crippen LogP contribution in [0.4, 0.5) is 5.69 Å². The number of hydrogen-bond donors (Lipinski definition) is 2. The molecule has 0 fully saturated rings. The van der Waals surface area contributed by atoms with Gasteiger partial charge < -0.3 is 0 Å². The summed E-state index contributed by atoms with van der Waals surface area (Å²) in [5, 5.41) is 4.79. The predicted octanol–water partition coefficient (Wildman–Crippen LogP) is 0.907. The Labute approximate surface area is 84.5 Å². The van der Waals surface area contributed by atoms with E-state index in [1.165, 1.54) is 0 Å². The second kappa shape index (κ2) is 3.58. The van der Waals surface area contributed by atoms with E-state index in [2.05, 4.69) is 4.72 Å². The molecule has 3 N–H and O–H groups in total. The lowest BCUT2D eigenvalue weighted by Gasteiger charge is -2.04. The summed E-state index contributed by atoms with van der Waals surface area (Å²) in [7, 11) is -3.65. The highest BCUT2D eigenvalue weighted by Crippen LogP contribution is 2.17. The van der Waals surface area contributed by atoms with Gasteiger partial charge in [-0.05, 0) is 34.7 Å². The van der Waals surface area contributed by atoms with E-state index in [-0.39, 0.29) is 0 Å². The number of halogens is 1. The number of rotatable bonds is 2. The van der Waals surface area contributed by atoms with Crippen LogP contribution in [-0.2, 0) is 10.2 Å². The van der Waals surface area contributed by atoms with Gasteiger partial charge in [0.1, 0.15) is 0 Å². The minimum absolute atomic E-state index is 0.501. The lowest BCUT2D eigenvalue weighted by molar-refractivity contribution is 0.603. The molecular formula is C6H7IN2O2S. The van der Waals surface area contributed by atoms with E-state index in [1.807, 2.05) is 28.7 Å². The zero-order valence-corrected chi connectivity index (χ0v) is 8.96. The molecule has 0 amide bonds. The summed E-state index contributed by atoms with van der Waals surface area (Å²) in [5.74, 6) is 0. The summed E-state index contributed by atoms with van der Waals surface area (Å²) in [4.78, 5) is 0. The summed E-state index contributed by atoms with van der Waals surface area (Å²) >= 11 is 2.02. The summed E-state index contributed by atoms with van der Waals surface area (Å²) in [5.41, 5.74) is 0.501. The first-order chi connectivity index (χ1) is 5.49. The fourth-order valence-corrected chi connectivity index (χ4v) is 1.89. The minimum atomic E-state index is -3.65. The summed E-state index contributed by atoms with van der Waals surface area (Å²) in [6.45, 7) is 0. The third kappa shape index (κ3) is 2.95. The van der Waals surface area contributed by atoms with Crippen LogP contribution in [0.2, 0.25) is 0 Å². The monoisotopic (exact) mass is 298 g/mol. The van der Waals surface area contributed by atoms with E-state index < -0.39 is 10.2 Å². The van der Waals surface area contributed by atoms with Crippen LogP contribution in [0.5, 0.6) is 0 Å². The number of benzene rings is 1. The molecule has 0 aliphatic heterocycles. The average molecular weight is 298 g/mol. The highest BCUT2D eigenvalue weighted by atomic mass is 127. The summed E-state index contributed by atoms with van der Waals surface area (Å²) in [6, 6.07) is 6.98. The van der Waals surface area contributed by atoms with E-state index >= 15 is 0 Å². The van der Waals surface area contributed by atoms with Crippen LogP contribution in [0.1, 0.15) is 0 Å². The number of nitrogens with one attached hydrogen (secondary N) is 1. The molecule has 0 atom stereocenters. The van der Waals surface area contributed by atoms with Gasteiger partial charge in [0.2, 0.25) is 0 Å². The lowest BCUT2D eigenvalue weighted by Crippen LogP contribution is -2.22. The summed E-state index contributed by atoms with van der Waals surface area (Å²) < 4.78 is 24.2. The third-order valence-corrected chi connectivity index (χ3v) is 2.57. The molecule has 0 saturated carbocycles. The molecule has 0 aliphatic carbocycles. The van der Waals surface area contributed by atoms with Gasteiger partial charge in [0.05, 0.1) is 5.69 Å². The van der Waals surface area contributed by atoms with Crippen LogP contribution in [0.25, 0.3) is 0 Å². The number of hydrogen-bond acceptors (Lipinski definition) is 2. The first-order valence-corrected chi connectivity index (χ1v) is 5.66. The Hall–Kier alpha value is -0.340. The molecule has 4 nitrogen and oxygen atoms in total. The average Bonchev–Trinajstić information content (AvgIpc) is 1.91. The zero-order chi connectivity index (χ0) is 9.19. The van der Waals surface area contributed by atoms with E-state index in [0.29, 0.717) is 5.69 Å². The van der Waals surface area contributed by atoms with Gasteiger partial charge in [0.15, 0.2) is 0 Å². The van der Waals surface area contributed by atoms with Crippen molar-refractivity contribution in [2.45, 2.75) is 0 Å². The van der Waals surface area contributed by atoms with Gasteiger partial charge in [-0.25, -0.2) is 5.14 Å². The normalized spacial score (nSPS) is 11.2. The zero-order valence-electron chi connectivity index (χ0n) is 5.99. The number of nitrogens with two attached hydrogens (primary N) is 1. The van der Waals surface area contributed by atoms with Crippen LogP contribution in [-0.4, -0.2) is 8.42 Å². The molecule has 0 bridgehead atoms. The van der Waals surface area contributed by atoms with Gasteiger partial charge in [-0.15, -0.1) is 0 Å². The van der Waals surface area contributed by atoms with E-state index in [0.717, 1.165) is 3.57 Å². The molecule has 0 saturated heterocycles. The quantitative estimate of drug-likeness (QED) is 0.797. The minimum Gasteiger partial charge on any atom is -0.270 e. The highest BCUT2D eigenvalue weighted by Gasteiger charge is 2.03. The van der Waals surface area contributed by atoms with Crippen molar-refractivity contribution in [3.63, 3.8) is 0 Å². The number of para-hydroxylation sites is 1. The van der Waals surface area contributed by atoms with Gasteiger partial charge in [0, 0.05) is 3.57 Å². The van der Waals surface area contributed by atoms with Crippen LogP contribution in [0.15, 0.2) is 24.3 Å². The topological polar surface area (TPSA) is 72.2 Å². The molecule has 0 heterocycles. The van der Waals surface area contributed by atoms with Crippen molar-refractivity contribution in [3.05, 3.63) is 27.8 Å². The van der Waals surface area contributed by atoms with Crippen molar-refractivity contribution < 1.29 is 8.42 Å². The maximum absolute atomic E-state index is 10.6. The Morgan fingerprint density at radius 2 is 1.92 bits per heavy atom. The number of anilines is 1. The van der Waals surface area contributed by atoms with Gasteiger partial charge in [-0.3, -0.25) is 4.72 Å². The first-order valence-electron chi connectivity index (χ1n) is 3.04. The molecule has 1 aromatic carbocycles. The van der Waals surface area contributed by atoms with Gasteiger partial charge in [-0.1, -0.05) is 12.1 Å². The standard InChI is InChI=1S/C6H7IN2O2S/c7-5-3-1-2-4-6(5)9-12(8,10)11/h1-4,9H,(H2,8,10,11). The van der Waals surface area contributed by atoms with Gasteiger partial charge >= 0.3 is 0 Å². The second-order valence-corrected chi connectivity index (χ2v) is 4.58. The molecule has 0 radical (unpaired) electrons. The molecule has 0 unspecified atom stereocenters. The maximum Gasteiger partial charge on any atom is 0.296 e. The van der Waals surface area contributed by atoms with E-state index in [4.69, 9.17) is 5.14 Å². The van der Waals surface area contributed by atoms with Crippen molar-refractivity contribution in [2.75, 3.05) is 4.72 Å². The van der Waals surface area contributed by atoms with Gasteiger partial charge in [-0.2, -0.15) is 8.42 Å². The van der Waals surface area contributed by atoms with Crippen LogP contribution >= 0.6 is 22.6 Å². The molecule has 0 spiro atoms. The Morgan fingerprint density at radius 3 is 2.42 bits per heavy atom. The Bertz CT molecular complexity index is 377. The lowest BCUT2D eigenvalue weighted by atomic mass is 10.3. The fraction of sp³-hybridized carbons (Fsp3) is 0. The second-order valence-electron chi connectivity index (χ2n) is 2.13. The van der Waals surface area contributed by atoms with Crippen molar-refractivity contribution in [1.29, 1.82) is 0 Å². The molecule has 6 heteroatoms. The van der Waals surface area contributed by atoms with Gasteiger partial charge in [0.25, 0.3) is 10.2 Å². The van der Waals surface area contributed by atoms with Crippen molar-refractivity contribution in [2.24, 2.45) is 5.14 Å². The first kappa shape index (κ1) is 9.75.